The molecule has 7 heteroatoms. The monoisotopic (exact) mass is 322 g/mol. The van der Waals surface area contributed by atoms with Gasteiger partial charge in [-0.05, 0) is 40.2 Å². The van der Waals surface area contributed by atoms with Crippen LogP contribution >= 0.6 is 0 Å². The largest absolute Gasteiger partial charge is 0.399 e. The summed E-state index contributed by atoms with van der Waals surface area (Å²) in [5.74, 6) is 0. The van der Waals surface area contributed by atoms with E-state index in [1.165, 1.54) is 0 Å². The molecule has 0 spiro atoms. The van der Waals surface area contributed by atoms with Crippen LogP contribution < -0.4 is 11.5 Å². The lowest BCUT2D eigenvalue weighted by Crippen LogP contribution is -2.66. The highest BCUT2D eigenvalue weighted by Crippen LogP contribution is 2.36. The summed E-state index contributed by atoms with van der Waals surface area (Å²) in [4.78, 5) is 0. The van der Waals surface area contributed by atoms with Crippen molar-refractivity contribution in [1.29, 1.82) is 0 Å². The van der Waals surface area contributed by atoms with Crippen LogP contribution in [0.3, 0.4) is 0 Å². The van der Waals surface area contributed by atoms with Gasteiger partial charge in [-0.15, -0.1) is 0 Å². The fourth-order valence-corrected chi connectivity index (χ4v) is 6.73. The molecule has 0 saturated carbocycles. The minimum atomic E-state index is -2.78. The Bertz CT molecular complexity index is 255. The van der Waals surface area contributed by atoms with Crippen LogP contribution in [0.4, 0.5) is 0 Å². The quantitative estimate of drug-likeness (QED) is 0.397. The maximum atomic E-state index is 6.14. The SMILES string of the molecule is CCOC(CC)(OCC)[Si](CCC(N)N)(OCC)OCC. The van der Waals surface area contributed by atoms with Gasteiger partial charge in [0.25, 0.3) is 0 Å². The minimum Gasteiger partial charge on any atom is -0.392 e. The van der Waals surface area contributed by atoms with Gasteiger partial charge in [0.1, 0.15) is 0 Å². The van der Waals surface area contributed by atoms with Crippen LogP contribution in [0, 0.1) is 0 Å². The first-order valence-electron chi connectivity index (χ1n) is 8.04. The molecule has 0 saturated heterocycles. The average molecular weight is 323 g/mol. The van der Waals surface area contributed by atoms with Gasteiger partial charge >= 0.3 is 8.56 Å². The molecule has 0 aromatic carbocycles. The highest BCUT2D eigenvalue weighted by molar-refractivity contribution is 6.70. The second-order valence-electron chi connectivity index (χ2n) is 4.79. The molecule has 0 bridgehead atoms. The van der Waals surface area contributed by atoms with Crippen LogP contribution in [0.15, 0.2) is 0 Å². The Labute approximate surface area is 130 Å². The number of rotatable bonds is 13. The highest BCUT2D eigenvalue weighted by Gasteiger charge is 2.59. The Morgan fingerprint density at radius 2 is 1.33 bits per heavy atom. The molecule has 0 heterocycles. The first-order chi connectivity index (χ1) is 9.97. The van der Waals surface area contributed by atoms with E-state index < -0.39 is 20.1 Å². The van der Waals surface area contributed by atoms with E-state index in [9.17, 15) is 0 Å². The molecule has 0 atom stereocenters. The molecule has 21 heavy (non-hydrogen) atoms. The average Bonchev–Trinajstić information content (AvgIpc) is 2.44. The van der Waals surface area contributed by atoms with Crippen LogP contribution in [0.1, 0.15) is 47.5 Å². The molecule has 0 aliphatic heterocycles. The molecule has 0 unspecified atom stereocenters. The van der Waals surface area contributed by atoms with Crippen LogP contribution in [0.5, 0.6) is 0 Å². The second-order valence-corrected chi connectivity index (χ2v) is 8.14. The van der Waals surface area contributed by atoms with Crippen LogP contribution in [-0.4, -0.2) is 46.6 Å². The molecule has 6 nitrogen and oxygen atoms in total. The molecule has 0 rings (SSSR count). The molecule has 0 aromatic heterocycles. The van der Waals surface area contributed by atoms with Crippen LogP contribution in [-0.2, 0) is 18.3 Å². The van der Waals surface area contributed by atoms with Crippen molar-refractivity contribution in [2.45, 2.75) is 65.1 Å². The van der Waals surface area contributed by atoms with Gasteiger partial charge in [0.05, 0.1) is 6.17 Å². The van der Waals surface area contributed by atoms with Crippen molar-refractivity contribution in [1.82, 2.24) is 0 Å². The smallest absolute Gasteiger partial charge is 0.392 e. The lowest BCUT2D eigenvalue weighted by Gasteiger charge is -2.45. The van der Waals surface area contributed by atoms with Gasteiger partial charge in [-0.1, -0.05) is 6.92 Å². The van der Waals surface area contributed by atoms with E-state index in [4.69, 9.17) is 29.8 Å². The number of hydrogen-bond donors (Lipinski definition) is 2. The molecule has 0 aliphatic carbocycles. The van der Waals surface area contributed by atoms with Gasteiger partial charge in [-0.3, -0.25) is 0 Å². The van der Waals surface area contributed by atoms with E-state index in [1.807, 2.05) is 34.6 Å². The first-order valence-corrected chi connectivity index (χ1v) is 10.1. The summed E-state index contributed by atoms with van der Waals surface area (Å²) < 4.78 is 24.3. The van der Waals surface area contributed by atoms with E-state index in [2.05, 4.69) is 0 Å². The molecule has 4 N–H and O–H groups in total. The zero-order valence-electron chi connectivity index (χ0n) is 14.3. The summed E-state index contributed by atoms with van der Waals surface area (Å²) in [6, 6.07) is 0.653. The topological polar surface area (TPSA) is 89.0 Å². The molecular weight excluding hydrogens is 288 g/mol. The zero-order valence-corrected chi connectivity index (χ0v) is 15.3. The maximum Gasteiger partial charge on any atom is 0.399 e. The van der Waals surface area contributed by atoms with Crippen molar-refractivity contribution < 1.29 is 18.3 Å². The Hall–Kier alpha value is -0.0231. The third-order valence-corrected chi connectivity index (χ3v) is 7.62. The lowest BCUT2D eigenvalue weighted by molar-refractivity contribution is -0.205. The fourth-order valence-electron chi connectivity index (χ4n) is 2.62. The third-order valence-electron chi connectivity index (χ3n) is 3.36. The van der Waals surface area contributed by atoms with Gasteiger partial charge < -0.3 is 29.8 Å². The summed E-state index contributed by atoms with van der Waals surface area (Å²) >= 11 is 0. The van der Waals surface area contributed by atoms with Gasteiger partial charge in [-0.25, -0.2) is 0 Å². The molecule has 0 amide bonds. The zero-order chi connectivity index (χ0) is 16.4. The number of ether oxygens (including phenoxy) is 2. The number of hydrogen-bond acceptors (Lipinski definition) is 6. The Kier molecular flexibility index (Phi) is 10.6. The van der Waals surface area contributed by atoms with E-state index in [1.54, 1.807) is 0 Å². The Morgan fingerprint density at radius 3 is 1.62 bits per heavy atom. The standard InChI is InChI=1S/C14H34N2O4Si/c1-6-14(17-7-2,18-8-3)21(19-9-4,20-10-5)12-11-13(15)16/h13H,6-12,15-16H2,1-5H3. The van der Waals surface area contributed by atoms with Gasteiger partial charge in [0.2, 0.25) is 5.41 Å². The van der Waals surface area contributed by atoms with E-state index in [0.717, 1.165) is 0 Å². The summed E-state index contributed by atoms with van der Waals surface area (Å²) in [6.45, 7) is 12.0. The van der Waals surface area contributed by atoms with Crippen molar-refractivity contribution in [3.63, 3.8) is 0 Å². The molecular formula is C14H34N2O4Si. The van der Waals surface area contributed by atoms with Crippen molar-refractivity contribution in [3.8, 4) is 0 Å². The van der Waals surface area contributed by atoms with Gasteiger partial charge in [-0.2, -0.15) is 0 Å². The van der Waals surface area contributed by atoms with E-state index >= 15 is 0 Å². The molecule has 0 fully saturated rings. The molecule has 0 radical (unpaired) electrons. The lowest BCUT2D eigenvalue weighted by atomic mass is 10.4. The van der Waals surface area contributed by atoms with Gasteiger partial charge in [0, 0.05) is 32.8 Å². The maximum absolute atomic E-state index is 6.14. The van der Waals surface area contributed by atoms with Crippen LogP contribution in [0.2, 0.25) is 6.04 Å². The second kappa shape index (κ2) is 10.7. The fraction of sp³-hybridized carbons (Fsp3) is 1.00. The first kappa shape index (κ1) is 21.0. The predicted molar refractivity (Wildman–Crippen MR) is 86.9 cm³/mol. The molecule has 0 aromatic rings. The highest BCUT2D eigenvalue weighted by atomic mass is 28.4. The summed E-state index contributed by atoms with van der Waals surface area (Å²) in [6.07, 6.45) is 0.894. The Balaban J connectivity index is 5.59. The summed E-state index contributed by atoms with van der Waals surface area (Å²) in [5.41, 5.74) is 10.6. The molecule has 0 aliphatic rings. The van der Waals surface area contributed by atoms with Gasteiger partial charge in [0.15, 0.2) is 0 Å². The molecule has 128 valence electrons. The van der Waals surface area contributed by atoms with Crippen LogP contribution in [0.25, 0.3) is 0 Å². The van der Waals surface area contributed by atoms with Crippen molar-refractivity contribution in [3.05, 3.63) is 0 Å². The summed E-state index contributed by atoms with van der Waals surface area (Å²) in [7, 11) is -2.78. The summed E-state index contributed by atoms with van der Waals surface area (Å²) in [5, 5.41) is 0. The third kappa shape index (κ3) is 5.59. The van der Waals surface area contributed by atoms with Crippen molar-refractivity contribution in [2.75, 3.05) is 26.4 Å². The normalized spacial score (nSPS) is 13.1. The Morgan fingerprint density at radius 1 is 0.857 bits per heavy atom. The number of nitrogens with two attached hydrogens (primary N) is 2. The predicted octanol–water partition coefficient (Wildman–Crippen LogP) is 1.85. The van der Waals surface area contributed by atoms with Crippen molar-refractivity contribution >= 4 is 8.56 Å². The van der Waals surface area contributed by atoms with E-state index in [-0.39, 0.29) is 0 Å². The van der Waals surface area contributed by atoms with E-state index in [0.29, 0.717) is 45.3 Å². The van der Waals surface area contributed by atoms with Crippen molar-refractivity contribution in [2.24, 2.45) is 11.5 Å². The minimum absolute atomic E-state index is 0.393.